The highest BCUT2D eigenvalue weighted by atomic mass is 35.5. The van der Waals surface area contributed by atoms with E-state index in [1.165, 1.54) is 6.39 Å². The first kappa shape index (κ1) is 21.9. The number of hydrogen-bond donors (Lipinski definition) is 1. The molecule has 2 fully saturated rings. The standard InChI is InChI=1S/C24H24Cl2N4O4/c1-13-21-20(27-12-34-21)15(22(31)28-13)9-29-5-2-14-16(25)8-17(19(26)18(14)23(29)32)30-10-24(11-30)3-6-33-7-4-24/h8,12H,2-7,9-11H2,1H3,(H,28,31). The second kappa shape index (κ2) is 8.00. The molecule has 1 spiro atoms. The van der Waals surface area contributed by atoms with E-state index in [0.29, 0.717) is 50.9 Å². The molecule has 2 aromatic heterocycles. The van der Waals surface area contributed by atoms with Crippen molar-refractivity contribution in [2.45, 2.75) is 32.7 Å². The number of nitrogens with zero attached hydrogens (tertiary/aromatic N) is 3. The van der Waals surface area contributed by atoms with Gasteiger partial charge < -0.3 is 23.9 Å². The third-order valence-electron chi connectivity index (χ3n) is 7.50. The maximum Gasteiger partial charge on any atom is 0.256 e. The van der Waals surface area contributed by atoms with Crippen molar-refractivity contribution < 1.29 is 13.9 Å². The second-order valence-electron chi connectivity index (χ2n) is 9.58. The van der Waals surface area contributed by atoms with E-state index in [1.807, 2.05) is 6.07 Å². The summed E-state index contributed by atoms with van der Waals surface area (Å²) in [6.45, 7) is 5.64. The molecular weight excluding hydrogens is 479 g/mol. The Balaban J connectivity index is 1.32. The van der Waals surface area contributed by atoms with Gasteiger partial charge in [-0.3, -0.25) is 9.59 Å². The molecule has 1 aromatic carbocycles. The van der Waals surface area contributed by atoms with Crippen LogP contribution in [0, 0.1) is 12.3 Å². The average molecular weight is 503 g/mol. The number of fused-ring (bicyclic) bond motifs is 2. The summed E-state index contributed by atoms with van der Waals surface area (Å²) in [5, 5.41) is 0.989. The summed E-state index contributed by atoms with van der Waals surface area (Å²) in [5.41, 5.74) is 3.97. The molecule has 6 rings (SSSR count). The van der Waals surface area contributed by atoms with Gasteiger partial charge in [-0.2, -0.15) is 0 Å². The summed E-state index contributed by atoms with van der Waals surface area (Å²) in [4.78, 5) is 37.2. The number of anilines is 1. The molecular formula is C24H24Cl2N4O4. The van der Waals surface area contributed by atoms with E-state index >= 15 is 0 Å². The highest BCUT2D eigenvalue weighted by Gasteiger charge is 2.45. The number of nitrogens with one attached hydrogen (secondary N) is 1. The molecule has 0 atom stereocenters. The number of benzene rings is 1. The van der Waals surface area contributed by atoms with Crippen molar-refractivity contribution in [3.05, 3.63) is 55.2 Å². The molecule has 1 amide bonds. The third kappa shape index (κ3) is 3.34. The lowest BCUT2D eigenvalue weighted by Crippen LogP contribution is -2.58. The Morgan fingerprint density at radius 1 is 1.21 bits per heavy atom. The summed E-state index contributed by atoms with van der Waals surface area (Å²) < 4.78 is 10.9. The minimum absolute atomic E-state index is 0.113. The minimum atomic E-state index is -0.280. The molecule has 178 valence electrons. The van der Waals surface area contributed by atoms with Crippen molar-refractivity contribution in [1.82, 2.24) is 14.9 Å². The van der Waals surface area contributed by atoms with Crippen LogP contribution in [-0.2, 0) is 17.7 Å². The van der Waals surface area contributed by atoms with Gasteiger partial charge in [0.05, 0.1) is 34.1 Å². The predicted molar refractivity (Wildman–Crippen MR) is 129 cm³/mol. The van der Waals surface area contributed by atoms with Gasteiger partial charge in [0.2, 0.25) is 0 Å². The fraction of sp³-hybridized carbons (Fsp3) is 0.458. The first-order chi connectivity index (χ1) is 16.4. The molecule has 3 aromatic rings. The lowest BCUT2D eigenvalue weighted by atomic mass is 9.73. The molecule has 0 bridgehead atoms. The van der Waals surface area contributed by atoms with Crippen LogP contribution in [0.2, 0.25) is 10.0 Å². The average Bonchev–Trinajstić information content (AvgIpc) is 3.29. The molecule has 0 aliphatic carbocycles. The van der Waals surface area contributed by atoms with E-state index < -0.39 is 0 Å². The smallest absolute Gasteiger partial charge is 0.256 e. The maximum atomic E-state index is 13.6. The van der Waals surface area contributed by atoms with Gasteiger partial charge in [-0.05, 0) is 37.8 Å². The lowest BCUT2D eigenvalue weighted by Gasteiger charge is -2.53. The van der Waals surface area contributed by atoms with E-state index in [-0.39, 0.29) is 23.4 Å². The Morgan fingerprint density at radius 3 is 2.74 bits per heavy atom. The van der Waals surface area contributed by atoms with Gasteiger partial charge in [-0.15, -0.1) is 0 Å². The molecule has 1 N–H and O–H groups in total. The molecule has 3 aliphatic heterocycles. The van der Waals surface area contributed by atoms with Gasteiger partial charge in [-0.1, -0.05) is 23.2 Å². The quantitative estimate of drug-likeness (QED) is 0.582. The van der Waals surface area contributed by atoms with E-state index in [2.05, 4.69) is 14.9 Å². The summed E-state index contributed by atoms with van der Waals surface area (Å²) >= 11 is 13.5. The zero-order valence-corrected chi connectivity index (χ0v) is 20.3. The van der Waals surface area contributed by atoms with Crippen LogP contribution in [0.25, 0.3) is 11.1 Å². The van der Waals surface area contributed by atoms with Crippen molar-refractivity contribution in [2.75, 3.05) is 37.7 Å². The van der Waals surface area contributed by atoms with Crippen LogP contribution < -0.4 is 10.5 Å². The van der Waals surface area contributed by atoms with Crippen LogP contribution in [0.5, 0.6) is 0 Å². The number of rotatable bonds is 3. The fourth-order valence-electron chi connectivity index (χ4n) is 5.53. The van der Waals surface area contributed by atoms with Gasteiger partial charge in [0.25, 0.3) is 11.5 Å². The molecule has 10 heteroatoms. The van der Waals surface area contributed by atoms with Crippen LogP contribution in [-0.4, -0.2) is 53.6 Å². The van der Waals surface area contributed by atoms with Crippen molar-refractivity contribution in [3.63, 3.8) is 0 Å². The van der Waals surface area contributed by atoms with Gasteiger partial charge in [0.15, 0.2) is 12.0 Å². The molecule has 0 unspecified atom stereocenters. The second-order valence-corrected chi connectivity index (χ2v) is 10.4. The number of halogens is 2. The number of aromatic amines is 1. The number of oxazole rings is 1. The summed E-state index contributed by atoms with van der Waals surface area (Å²) in [7, 11) is 0. The molecule has 8 nitrogen and oxygen atoms in total. The van der Waals surface area contributed by atoms with Crippen LogP contribution in [0.4, 0.5) is 5.69 Å². The number of ether oxygens (including phenoxy) is 1. The number of pyridine rings is 1. The number of carbonyl (C=O) groups is 1. The van der Waals surface area contributed by atoms with E-state index in [0.717, 1.165) is 50.4 Å². The van der Waals surface area contributed by atoms with Crippen LogP contribution >= 0.6 is 23.2 Å². The summed E-state index contributed by atoms with van der Waals surface area (Å²) in [6, 6.07) is 1.89. The zero-order valence-electron chi connectivity index (χ0n) is 18.7. The number of hydrogen-bond acceptors (Lipinski definition) is 6. The normalized spacial score (nSPS) is 19.6. The molecule has 0 saturated carbocycles. The molecule has 5 heterocycles. The first-order valence-electron chi connectivity index (χ1n) is 11.4. The number of carbonyl (C=O) groups excluding carboxylic acids is 1. The highest BCUT2D eigenvalue weighted by molar-refractivity contribution is 6.39. The van der Waals surface area contributed by atoms with E-state index in [1.54, 1.807) is 11.8 Å². The summed E-state index contributed by atoms with van der Waals surface area (Å²) in [5.74, 6) is -0.229. The predicted octanol–water partition coefficient (Wildman–Crippen LogP) is 3.95. The van der Waals surface area contributed by atoms with Gasteiger partial charge in [-0.25, -0.2) is 4.98 Å². The Bertz CT molecular complexity index is 1370. The van der Waals surface area contributed by atoms with Crippen molar-refractivity contribution in [3.8, 4) is 0 Å². The lowest BCUT2D eigenvalue weighted by molar-refractivity contribution is -0.000187. The highest BCUT2D eigenvalue weighted by Crippen LogP contribution is 2.47. The molecule has 2 saturated heterocycles. The number of amides is 1. The zero-order chi connectivity index (χ0) is 23.6. The number of aryl methyl sites for hydroxylation is 1. The largest absolute Gasteiger partial charge is 0.442 e. The van der Waals surface area contributed by atoms with Crippen LogP contribution in [0.3, 0.4) is 0 Å². The Morgan fingerprint density at radius 2 is 1.97 bits per heavy atom. The number of H-pyrrole nitrogens is 1. The number of aromatic nitrogens is 2. The van der Waals surface area contributed by atoms with E-state index in [9.17, 15) is 9.59 Å². The van der Waals surface area contributed by atoms with Gasteiger partial charge in [0, 0.05) is 43.3 Å². The Hall–Kier alpha value is -2.55. The molecule has 0 radical (unpaired) electrons. The van der Waals surface area contributed by atoms with Crippen molar-refractivity contribution in [2.24, 2.45) is 5.41 Å². The third-order valence-corrected chi connectivity index (χ3v) is 8.22. The first-order valence-corrected chi connectivity index (χ1v) is 12.2. The Kier molecular flexibility index (Phi) is 5.17. The van der Waals surface area contributed by atoms with E-state index in [4.69, 9.17) is 32.4 Å². The van der Waals surface area contributed by atoms with Crippen LogP contribution in [0.15, 0.2) is 21.7 Å². The van der Waals surface area contributed by atoms with Crippen molar-refractivity contribution in [1.29, 1.82) is 0 Å². The van der Waals surface area contributed by atoms with Crippen molar-refractivity contribution >= 4 is 45.9 Å². The van der Waals surface area contributed by atoms with Crippen LogP contribution in [0.1, 0.15) is 40.0 Å². The van der Waals surface area contributed by atoms with Gasteiger partial charge in [0.1, 0.15) is 5.52 Å². The van der Waals surface area contributed by atoms with Gasteiger partial charge >= 0.3 is 0 Å². The topological polar surface area (TPSA) is 91.7 Å². The monoisotopic (exact) mass is 502 g/mol. The maximum absolute atomic E-state index is 13.6. The Labute approximate surface area is 205 Å². The molecule has 34 heavy (non-hydrogen) atoms. The summed E-state index contributed by atoms with van der Waals surface area (Å²) in [6.07, 6.45) is 3.94. The minimum Gasteiger partial charge on any atom is -0.442 e. The molecule has 3 aliphatic rings. The SMILES string of the molecule is Cc1[nH]c(=O)c(CN2CCc3c(Cl)cc(N4CC5(CCOCC5)C4)c(Cl)c3C2=O)c2ncoc12. The fourth-order valence-corrected chi connectivity index (χ4v) is 6.20.